The number of likely N-dealkylation sites (N-methyl/N-ethyl adjacent to an activating group) is 1. The van der Waals surface area contributed by atoms with Crippen LogP contribution in [0.15, 0.2) is 72.8 Å². The molecule has 238 valence electrons. The Labute approximate surface area is 269 Å². The van der Waals surface area contributed by atoms with E-state index in [0.29, 0.717) is 16.9 Å². The molecule has 5 aromatic rings. The van der Waals surface area contributed by atoms with E-state index in [0.717, 1.165) is 81.6 Å². The Balaban J connectivity index is 1.43. The third-order valence-electron chi connectivity index (χ3n) is 9.14. The average molecular weight is 607 g/mol. The molecule has 0 spiro atoms. The van der Waals surface area contributed by atoms with E-state index in [9.17, 15) is 4.79 Å². The zero-order valence-electron chi connectivity index (χ0n) is 28.4. The van der Waals surface area contributed by atoms with E-state index in [4.69, 9.17) is 4.98 Å². The van der Waals surface area contributed by atoms with Crippen molar-refractivity contribution in [3.63, 3.8) is 0 Å². The zero-order chi connectivity index (χ0) is 32.0. The molecule has 1 amide bonds. The minimum Gasteiger partial charge on any atom is -0.378 e. The second-order valence-corrected chi connectivity index (χ2v) is 13.4. The maximum absolute atomic E-state index is 13.3. The van der Waals surface area contributed by atoms with Crippen molar-refractivity contribution in [2.75, 3.05) is 59.3 Å². The highest BCUT2D eigenvalue weighted by molar-refractivity contribution is 6.23. The van der Waals surface area contributed by atoms with E-state index in [2.05, 4.69) is 129 Å². The number of carbonyl (C=O) groups is 1. The number of carbonyl (C=O) groups excluding carboxylic acids is 1. The van der Waals surface area contributed by atoms with Crippen molar-refractivity contribution >= 4 is 44.2 Å². The summed E-state index contributed by atoms with van der Waals surface area (Å²) in [6.45, 7) is 8.54. The van der Waals surface area contributed by atoms with Gasteiger partial charge in [0, 0.05) is 55.8 Å². The predicted molar refractivity (Wildman–Crippen MR) is 192 cm³/mol. The molecule has 0 fully saturated rings. The Morgan fingerprint density at radius 2 is 1.33 bits per heavy atom. The maximum Gasteiger partial charge on any atom is 0.277 e. The number of aryl methyl sites for hydroxylation is 1. The first-order valence-corrected chi connectivity index (χ1v) is 16.9. The van der Waals surface area contributed by atoms with E-state index in [-0.39, 0.29) is 0 Å². The van der Waals surface area contributed by atoms with Gasteiger partial charge in [-0.1, -0.05) is 75.2 Å². The molecule has 6 heteroatoms. The fourth-order valence-corrected chi connectivity index (χ4v) is 6.52. The third-order valence-corrected chi connectivity index (χ3v) is 9.14. The van der Waals surface area contributed by atoms with Crippen molar-refractivity contribution < 1.29 is 9.28 Å². The predicted octanol–water partition coefficient (Wildman–Crippen LogP) is 8.36. The van der Waals surface area contributed by atoms with Gasteiger partial charge in [0.2, 0.25) is 0 Å². The molecule has 0 radical (unpaired) electrons. The number of rotatable bonds is 15. The highest BCUT2D eigenvalue weighted by Gasteiger charge is 2.24. The molecule has 0 bridgehead atoms. The van der Waals surface area contributed by atoms with Crippen molar-refractivity contribution in [1.29, 1.82) is 0 Å². The summed E-state index contributed by atoms with van der Waals surface area (Å²) in [6.07, 6.45) is 6.43. The number of benzene rings is 4. The second kappa shape index (κ2) is 14.5. The Bertz CT molecular complexity index is 1730. The van der Waals surface area contributed by atoms with Gasteiger partial charge in [0.15, 0.2) is 6.54 Å². The molecular formula is C39H52N5O+. The van der Waals surface area contributed by atoms with Gasteiger partial charge in [0.05, 0.1) is 31.7 Å². The molecule has 0 saturated heterocycles. The average Bonchev–Trinajstić information content (AvgIpc) is 3.43. The van der Waals surface area contributed by atoms with Gasteiger partial charge in [0.25, 0.3) is 5.91 Å². The lowest BCUT2D eigenvalue weighted by Gasteiger charge is -2.32. The van der Waals surface area contributed by atoms with Crippen LogP contribution >= 0.6 is 0 Å². The van der Waals surface area contributed by atoms with Crippen LogP contribution in [0.25, 0.3) is 44.0 Å². The molecule has 0 atom stereocenters. The van der Waals surface area contributed by atoms with E-state index < -0.39 is 0 Å². The molecule has 1 aromatic heterocycles. The first-order valence-electron chi connectivity index (χ1n) is 16.9. The van der Waals surface area contributed by atoms with Crippen molar-refractivity contribution in [3.8, 4) is 11.4 Å². The molecule has 0 aliphatic heterocycles. The van der Waals surface area contributed by atoms with Crippen molar-refractivity contribution in [2.24, 2.45) is 0 Å². The number of hydrogen-bond donors (Lipinski definition) is 0. The van der Waals surface area contributed by atoms with E-state index in [1.54, 1.807) is 0 Å². The summed E-state index contributed by atoms with van der Waals surface area (Å²) >= 11 is 0. The van der Waals surface area contributed by atoms with Gasteiger partial charge < -0.3 is 18.8 Å². The van der Waals surface area contributed by atoms with Gasteiger partial charge in [0.1, 0.15) is 5.82 Å². The number of amides is 1. The Morgan fingerprint density at radius 1 is 0.756 bits per heavy atom. The summed E-state index contributed by atoms with van der Waals surface area (Å²) < 4.78 is 3.17. The van der Waals surface area contributed by atoms with E-state index in [1.807, 2.05) is 0 Å². The monoisotopic (exact) mass is 606 g/mol. The molecule has 0 aliphatic rings. The lowest BCUT2D eigenvalue weighted by molar-refractivity contribution is -0.883. The number of fused-ring (bicyclic) bond motifs is 6. The van der Waals surface area contributed by atoms with Gasteiger partial charge >= 0.3 is 0 Å². The molecule has 0 aliphatic carbocycles. The molecule has 45 heavy (non-hydrogen) atoms. The topological polar surface area (TPSA) is 41.4 Å². The number of anilines is 1. The third kappa shape index (κ3) is 7.33. The summed E-state index contributed by atoms with van der Waals surface area (Å²) in [4.78, 5) is 22.9. The number of unbranched alkanes of at least 4 members (excludes halogenated alkanes) is 3. The van der Waals surface area contributed by atoms with Crippen LogP contribution in [0.3, 0.4) is 0 Å². The largest absolute Gasteiger partial charge is 0.378 e. The quantitative estimate of drug-likeness (QED) is 0.0683. The van der Waals surface area contributed by atoms with Crippen LogP contribution in [0.5, 0.6) is 0 Å². The minimum atomic E-state index is 0.296. The molecule has 5 rings (SSSR count). The molecule has 6 nitrogen and oxygen atoms in total. The van der Waals surface area contributed by atoms with Gasteiger partial charge in [-0.05, 0) is 60.7 Å². The Hall–Kier alpha value is -3.90. The molecule has 4 aromatic carbocycles. The van der Waals surface area contributed by atoms with Gasteiger partial charge in [-0.2, -0.15) is 0 Å². The van der Waals surface area contributed by atoms with Gasteiger partial charge in [-0.3, -0.25) is 4.79 Å². The van der Waals surface area contributed by atoms with Crippen LogP contribution in [-0.2, 0) is 11.3 Å². The van der Waals surface area contributed by atoms with Crippen LogP contribution in [0.4, 0.5) is 5.69 Å². The highest BCUT2D eigenvalue weighted by Crippen LogP contribution is 2.37. The summed E-state index contributed by atoms with van der Waals surface area (Å²) in [7, 11) is 8.56. The van der Waals surface area contributed by atoms with Crippen molar-refractivity contribution in [1.82, 2.24) is 14.5 Å². The summed E-state index contributed by atoms with van der Waals surface area (Å²) in [5.74, 6) is 1.31. The second-order valence-electron chi connectivity index (χ2n) is 13.4. The fraction of sp³-hybridized carbons (Fsp3) is 0.436. The standard InChI is InChI=1S/C39H52N5O/c1-7-9-25-42(26-10-8-2)36(45)29-44(5,6)28-16-15-27-43-38-35-20-14-12-18-33(35)32-17-11-13-19-34(32)37(38)40-39(43)30-21-23-31(24-22-30)41(3)4/h11-14,17-24H,7-10,15-16,25-29H2,1-6H3/q+1. The Morgan fingerprint density at radius 3 is 1.93 bits per heavy atom. The first kappa shape index (κ1) is 32.5. The van der Waals surface area contributed by atoms with Gasteiger partial charge in [-0.25, -0.2) is 4.98 Å². The van der Waals surface area contributed by atoms with Crippen LogP contribution in [0.2, 0.25) is 0 Å². The van der Waals surface area contributed by atoms with Crippen LogP contribution < -0.4 is 4.90 Å². The number of hydrogen-bond acceptors (Lipinski definition) is 3. The lowest BCUT2D eigenvalue weighted by Crippen LogP contribution is -2.49. The summed E-state index contributed by atoms with van der Waals surface area (Å²) in [5.41, 5.74) is 4.58. The van der Waals surface area contributed by atoms with Gasteiger partial charge in [-0.15, -0.1) is 0 Å². The maximum atomic E-state index is 13.3. The fourth-order valence-electron chi connectivity index (χ4n) is 6.52. The molecule has 0 saturated carbocycles. The summed E-state index contributed by atoms with van der Waals surface area (Å²) in [6, 6.07) is 26.2. The molecular weight excluding hydrogens is 554 g/mol. The van der Waals surface area contributed by atoms with Crippen LogP contribution in [0.1, 0.15) is 52.4 Å². The molecule has 0 N–H and O–H groups in total. The minimum absolute atomic E-state index is 0.296. The summed E-state index contributed by atoms with van der Waals surface area (Å²) in [5, 5.41) is 4.96. The van der Waals surface area contributed by atoms with Crippen LogP contribution in [-0.4, -0.2) is 79.2 Å². The van der Waals surface area contributed by atoms with E-state index in [1.165, 1.54) is 32.7 Å². The number of imidazole rings is 1. The smallest absolute Gasteiger partial charge is 0.277 e. The lowest BCUT2D eigenvalue weighted by atomic mass is 10.00. The number of quaternary nitrogens is 1. The molecule has 1 heterocycles. The normalized spacial score (nSPS) is 12.0. The SMILES string of the molecule is CCCCN(CCCC)C(=O)C[N+](C)(C)CCCCn1c(-c2ccc(N(C)C)cc2)nc2c3ccccc3c3ccccc3c21. The van der Waals surface area contributed by atoms with Crippen LogP contribution in [0, 0.1) is 0 Å². The van der Waals surface area contributed by atoms with Crippen molar-refractivity contribution in [3.05, 3.63) is 72.8 Å². The Kier molecular flexibility index (Phi) is 10.4. The molecule has 0 unspecified atom stereocenters. The number of aromatic nitrogens is 2. The van der Waals surface area contributed by atoms with E-state index >= 15 is 0 Å². The highest BCUT2D eigenvalue weighted by atomic mass is 16.2. The first-order chi connectivity index (χ1) is 21.7. The van der Waals surface area contributed by atoms with Crippen molar-refractivity contribution in [2.45, 2.75) is 58.9 Å². The number of nitrogens with zero attached hydrogens (tertiary/aromatic N) is 5. The zero-order valence-corrected chi connectivity index (χ0v) is 28.4.